The summed E-state index contributed by atoms with van der Waals surface area (Å²) in [7, 11) is 1.66. The smallest absolute Gasteiger partial charge is 0.222 e. The molecule has 1 rings (SSSR count). The van der Waals surface area contributed by atoms with E-state index in [9.17, 15) is 4.79 Å². The Morgan fingerprint density at radius 2 is 2.09 bits per heavy atom. The maximum Gasteiger partial charge on any atom is 0.222 e. The Bertz CT molecular complexity index is 257. The molecule has 0 saturated carbocycles. The molecule has 0 saturated heterocycles. The zero-order valence-electron chi connectivity index (χ0n) is 6.21. The third-order valence-corrected chi connectivity index (χ3v) is 1.02. The molecule has 0 atom stereocenters. The second-order valence-electron chi connectivity index (χ2n) is 1.89. The average molecular weight is 156 g/mol. The van der Waals surface area contributed by atoms with Gasteiger partial charge in [0.05, 0.1) is 0 Å². The number of nitrogens with zero attached hydrogens (tertiary/aromatic N) is 2. The molecule has 11 heavy (non-hydrogen) atoms. The quantitative estimate of drug-likeness (QED) is 0.633. The molecule has 2 N–H and O–H groups in total. The van der Waals surface area contributed by atoms with Gasteiger partial charge in [0.2, 0.25) is 17.5 Å². The monoisotopic (exact) mass is 156 g/mol. The number of carbonyl (C=O) groups is 1. The molecular formula is C5H8N4O2. The highest BCUT2D eigenvalue weighted by atomic mass is 16.6. The van der Waals surface area contributed by atoms with Gasteiger partial charge in [-0.25, -0.2) is 4.63 Å². The zero-order chi connectivity index (χ0) is 8.27. The Morgan fingerprint density at radius 3 is 2.64 bits per heavy atom. The van der Waals surface area contributed by atoms with E-state index in [-0.39, 0.29) is 5.91 Å². The highest BCUT2D eigenvalue weighted by molar-refractivity contribution is 5.90. The minimum atomic E-state index is -0.211. The second kappa shape index (κ2) is 3.00. The van der Waals surface area contributed by atoms with Gasteiger partial charge in [0.1, 0.15) is 0 Å². The Labute approximate surface area is 62.9 Å². The van der Waals surface area contributed by atoms with Crippen molar-refractivity contribution in [3.05, 3.63) is 0 Å². The lowest BCUT2D eigenvalue weighted by Crippen LogP contribution is -2.07. The molecule has 1 aromatic heterocycles. The molecule has 1 heterocycles. The van der Waals surface area contributed by atoms with Gasteiger partial charge in [-0.15, -0.1) is 0 Å². The first-order chi connectivity index (χ1) is 5.24. The van der Waals surface area contributed by atoms with Crippen molar-refractivity contribution in [2.45, 2.75) is 6.92 Å². The molecule has 6 heteroatoms. The number of aromatic nitrogens is 2. The molecular weight excluding hydrogens is 148 g/mol. The van der Waals surface area contributed by atoms with E-state index in [2.05, 4.69) is 25.6 Å². The van der Waals surface area contributed by atoms with Crippen LogP contribution in [-0.4, -0.2) is 23.3 Å². The molecule has 0 aliphatic heterocycles. The molecule has 0 radical (unpaired) electrons. The fraction of sp³-hybridized carbons (Fsp3) is 0.400. The third kappa shape index (κ3) is 1.66. The maximum atomic E-state index is 10.5. The van der Waals surface area contributed by atoms with Gasteiger partial charge in [0, 0.05) is 14.0 Å². The van der Waals surface area contributed by atoms with Gasteiger partial charge in [-0.3, -0.25) is 4.79 Å². The van der Waals surface area contributed by atoms with Gasteiger partial charge in [-0.2, -0.15) is 0 Å². The normalized spacial score (nSPS) is 9.27. The van der Waals surface area contributed by atoms with Crippen molar-refractivity contribution in [2.24, 2.45) is 0 Å². The Balaban J connectivity index is 2.76. The van der Waals surface area contributed by atoms with Gasteiger partial charge >= 0.3 is 0 Å². The number of hydrogen-bond donors (Lipinski definition) is 2. The minimum Gasteiger partial charge on any atom is -0.367 e. The first-order valence-electron chi connectivity index (χ1n) is 3.02. The van der Waals surface area contributed by atoms with Crippen LogP contribution in [0.1, 0.15) is 6.92 Å². The van der Waals surface area contributed by atoms with E-state index < -0.39 is 0 Å². The Hall–Kier alpha value is -1.59. The van der Waals surface area contributed by atoms with Crippen molar-refractivity contribution in [1.29, 1.82) is 0 Å². The van der Waals surface area contributed by atoms with E-state index in [0.717, 1.165) is 0 Å². The summed E-state index contributed by atoms with van der Waals surface area (Å²) >= 11 is 0. The van der Waals surface area contributed by atoms with Crippen LogP contribution in [0.2, 0.25) is 0 Å². The van der Waals surface area contributed by atoms with Crippen molar-refractivity contribution >= 4 is 17.5 Å². The van der Waals surface area contributed by atoms with Gasteiger partial charge in [-0.05, 0) is 10.3 Å². The summed E-state index contributed by atoms with van der Waals surface area (Å²) in [5.41, 5.74) is 0. The predicted octanol–water partition coefficient (Wildman–Crippen LogP) is 0.0697. The largest absolute Gasteiger partial charge is 0.367 e. The van der Waals surface area contributed by atoms with Crippen LogP contribution in [0, 0.1) is 0 Å². The highest BCUT2D eigenvalue weighted by Crippen LogP contribution is 2.13. The summed E-state index contributed by atoms with van der Waals surface area (Å²) in [6, 6.07) is 0. The molecule has 60 valence electrons. The molecule has 0 aliphatic carbocycles. The molecule has 0 aliphatic rings. The minimum absolute atomic E-state index is 0.211. The van der Waals surface area contributed by atoms with E-state index in [4.69, 9.17) is 0 Å². The SMILES string of the molecule is CNc1nonc1NC(C)=O. The molecule has 1 amide bonds. The number of rotatable bonds is 2. The maximum absolute atomic E-state index is 10.5. The number of carbonyl (C=O) groups excluding carboxylic acids is 1. The fourth-order valence-electron chi connectivity index (χ4n) is 0.601. The lowest BCUT2D eigenvalue weighted by Gasteiger charge is -1.95. The van der Waals surface area contributed by atoms with E-state index in [1.165, 1.54) is 6.92 Å². The van der Waals surface area contributed by atoms with E-state index >= 15 is 0 Å². The summed E-state index contributed by atoms with van der Waals surface area (Å²) in [5.74, 6) is 0.511. The average Bonchev–Trinajstić information content (AvgIpc) is 2.34. The Morgan fingerprint density at radius 1 is 1.45 bits per heavy atom. The van der Waals surface area contributed by atoms with E-state index in [1.54, 1.807) is 7.05 Å². The van der Waals surface area contributed by atoms with Crippen LogP contribution >= 0.6 is 0 Å². The summed E-state index contributed by atoms with van der Waals surface area (Å²) in [6.45, 7) is 1.38. The number of nitrogens with one attached hydrogen (secondary N) is 2. The van der Waals surface area contributed by atoms with E-state index in [0.29, 0.717) is 11.6 Å². The predicted molar refractivity (Wildman–Crippen MR) is 38.1 cm³/mol. The van der Waals surface area contributed by atoms with Crippen molar-refractivity contribution in [3.63, 3.8) is 0 Å². The van der Waals surface area contributed by atoms with Crippen molar-refractivity contribution in [2.75, 3.05) is 17.7 Å². The standard InChI is InChI=1S/C5H8N4O2/c1-3(10)7-5-4(6-2)8-11-9-5/h1-2H3,(H,6,8)(H,7,9,10). The first-order valence-corrected chi connectivity index (χ1v) is 3.02. The van der Waals surface area contributed by atoms with Crippen LogP contribution in [0.4, 0.5) is 11.6 Å². The van der Waals surface area contributed by atoms with Crippen LogP contribution in [-0.2, 0) is 4.79 Å². The summed E-state index contributed by atoms with van der Waals surface area (Å²) in [5, 5.41) is 12.1. The Kier molecular flexibility index (Phi) is 2.05. The summed E-state index contributed by atoms with van der Waals surface area (Å²) < 4.78 is 4.36. The first kappa shape index (κ1) is 7.52. The van der Waals surface area contributed by atoms with Crippen LogP contribution in [0.5, 0.6) is 0 Å². The van der Waals surface area contributed by atoms with Crippen molar-refractivity contribution in [1.82, 2.24) is 10.3 Å². The molecule has 0 bridgehead atoms. The number of anilines is 2. The number of hydrogen-bond acceptors (Lipinski definition) is 5. The van der Waals surface area contributed by atoms with Crippen molar-refractivity contribution < 1.29 is 9.42 Å². The molecule has 0 unspecified atom stereocenters. The molecule has 0 fully saturated rings. The van der Waals surface area contributed by atoms with Crippen LogP contribution in [0.3, 0.4) is 0 Å². The van der Waals surface area contributed by atoms with Gasteiger partial charge in [0.25, 0.3) is 0 Å². The molecule has 0 spiro atoms. The van der Waals surface area contributed by atoms with Gasteiger partial charge in [0.15, 0.2) is 0 Å². The van der Waals surface area contributed by atoms with Gasteiger partial charge < -0.3 is 10.6 Å². The molecule has 6 nitrogen and oxygen atoms in total. The highest BCUT2D eigenvalue weighted by Gasteiger charge is 2.07. The lowest BCUT2D eigenvalue weighted by molar-refractivity contribution is -0.114. The summed E-state index contributed by atoms with van der Waals surface area (Å²) in [4.78, 5) is 10.5. The topological polar surface area (TPSA) is 80.1 Å². The van der Waals surface area contributed by atoms with Gasteiger partial charge in [-0.1, -0.05) is 0 Å². The second-order valence-corrected chi connectivity index (χ2v) is 1.89. The van der Waals surface area contributed by atoms with E-state index in [1.807, 2.05) is 0 Å². The van der Waals surface area contributed by atoms with Crippen LogP contribution in [0.15, 0.2) is 4.63 Å². The zero-order valence-corrected chi connectivity index (χ0v) is 6.21. The fourth-order valence-corrected chi connectivity index (χ4v) is 0.601. The van der Waals surface area contributed by atoms with Crippen LogP contribution < -0.4 is 10.6 Å². The molecule has 1 aromatic rings. The summed E-state index contributed by atoms with van der Waals surface area (Å²) in [6.07, 6.45) is 0. The number of amides is 1. The lowest BCUT2D eigenvalue weighted by atomic mass is 10.6. The third-order valence-electron chi connectivity index (χ3n) is 1.02. The van der Waals surface area contributed by atoms with Crippen LogP contribution in [0.25, 0.3) is 0 Å². The van der Waals surface area contributed by atoms with Crippen molar-refractivity contribution in [3.8, 4) is 0 Å². The molecule has 0 aromatic carbocycles.